The third-order valence-electron chi connectivity index (χ3n) is 10.4. The van der Waals surface area contributed by atoms with Gasteiger partial charge in [0.25, 0.3) is 0 Å². The van der Waals surface area contributed by atoms with Gasteiger partial charge in [-0.1, -0.05) is 158 Å². The van der Waals surface area contributed by atoms with Crippen LogP contribution in [0.15, 0.2) is 206 Å². The van der Waals surface area contributed by atoms with Crippen LogP contribution < -0.4 is 4.90 Å². The summed E-state index contributed by atoms with van der Waals surface area (Å²) in [5, 5.41) is 7.45. The number of nitrogens with zero attached hydrogens (tertiary/aromatic N) is 2. The molecular weight excluding hydrogens is 629 g/mol. The molecule has 0 N–H and O–H groups in total. The normalized spacial score (nSPS) is 11.5. The standard InChI is InChI=1S/C50H34N2/c1-3-20-41-35(14-1)16-12-25-42(41)38-18-11-19-40(34-38)51(47-29-13-17-36-15-2-4-21-43(36)47)39-32-30-37(31-33-39)44-22-5-8-26-48(44)52-49-27-9-6-23-45(49)46-24-7-10-28-50(46)52/h1-34H. The molecule has 1 heterocycles. The molecule has 0 saturated carbocycles. The fourth-order valence-electron chi connectivity index (χ4n) is 8.01. The van der Waals surface area contributed by atoms with Gasteiger partial charge in [0.1, 0.15) is 0 Å². The molecule has 0 unspecified atom stereocenters. The van der Waals surface area contributed by atoms with Crippen molar-refractivity contribution in [1.29, 1.82) is 0 Å². The van der Waals surface area contributed by atoms with Crippen LogP contribution in [0.2, 0.25) is 0 Å². The van der Waals surface area contributed by atoms with Crippen molar-refractivity contribution < 1.29 is 0 Å². The van der Waals surface area contributed by atoms with Crippen molar-refractivity contribution in [2.75, 3.05) is 4.90 Å². The molecule has 0 saturated heterocycles. The molecule has 1 aromatic heterocycles. The summed E-state index contributed by atoms with van der Waals surface area (Å²) in [6, 6.07) is 74.7. The van der Waals surface area contributed by atoms with Crippen molar-refractivity contribution in [3.05, 3.63) is 206 Å². The van der Waals surface area contributed by atoms with E-state index in [1.807, 2.05) is 0 Å². The molecule has 0 amide bonds. The van der Waals surface area contributed by atoms with Crippen LogP contribution in [-0.4, -0.2) is 4.57 Å². The van der Waals surface area contributed by atoms with E-state index < -0.39 is 0 Å². The van der Waals surface area contributed by atoms with Gasteiger partial charge in [-0.25, -0.2) is 0 Å². The second kappa shape index (κ2) is 12.5. The summed E-state index contributed by atoms with van der Waals surface area (Å²) in [5.41, 5.74) is 11.7. The predicted molar refractivity (Wildman–Crippen MR) is 221 cm³/mol. The van der Waals surface area contributed by atoms with Gasteiger partial charge in [-0.2, -0.15) is 0 Å². The van der Waals surface area contributed by atoms with E-state index in [9.17, 15) is 0 Å². The first kappa shape index (κ1) is 30.0. The topological polar surface area (TPSA) is 8.17 Å². The molecule has 10 rings (SSSR count). The zero-order valence-corrected chi connectivity index (χ0v) is 28.5. The molecule has 0 aliphatic carbocycles. The van der Waals surface area contributed by atoms with Gasteiger partial charge in [0.05, 0.1) is 22.4 Å². The third kappa shape index (κ3) is 4.96. The first-order valence-corrected chi connectivity index (χ1v) is 17.9. The number of rotatable bonds is 6. The number of para-hydroxylation sites is 3. The zero-order chi connectivity index (χ0) is 34.4. The summed E-state index contributed by atoms with van der Waals surface area (Å²) >= 11 is 0. The number of hydrogen-bond donors (Lipinski definition) is 0. The minimum Gasteiger partial charge on any atom is -0.310 e. The van der Waals surface area contributed by atoms with Gasteiger partial charge in [-0.3, -0.25) is 0 Å². The fourth-order valence-corrected chi connectivity index (χ4v) is 8.01. The smallest absolute Gasteiger partial charge is 0.0541 e. The Morgan fingerprint density at radius 3 is 1.62 bits per heavy atom. The van der Waals surface area contributed by atoms with Crippen molar-refractivity contribution in [3.8, 4) is 27.9 Å². The van der Waals surface area contributed by atoms with Crippen LogP contribution in [0, 0.1) is 0 Å². The molecule has 2 nitrogen and oxygen atoms in total. The maximum Gasteiger partial charge on any atom is 0.0541 e. The second-order valence-electron chi connectivity index (χ2n) is 13.3. The molecule has 0 spiro atoms. The van der Waals surface area contributed by atoms with E-state index in [4.69, 9.17) is 0 Å². The summed E-state index contributed by atoms with van der Waals surface area (Å²) < 4.78 is 2.41. The van der Waals surface area contributed by atoms with E-state index in [2.05, 4.69) is 216 Å². The Morgan fingerprint density at radius 1 is 0.327 bits per heavy atom. The maximum absolute atomic E-state index is 2.41. The minimum atomic E-state index is 1.10. The maximum atomic E-state index is 2.41. The Bertz CT molecular complexity index is 2850. The number of benzene rings is 9. The molecule has 10 aromatic rings. The largest absolute Gasteiger partial charge is 0.310 e. The highest BCUT2D eigenvalue weighted by Gasteiger charge is 2.18. The monoisotopic (exact) mass is 662 g/mol. The number of fused-ring (bicyclic) bond motifs is 5. The van der Waals surface area contributed by atoms with Gasteiger partial charge >= 0.3 is 0 Å². The van der Waals surface area contributed by atoms with E-state index in [1.54, 1.807) is 0 Å². The van der Waals surface area contributed by atoms with Crippen LogP contribution in [0.25, 0.3) is 71.3 Å². The van der Waals surface area contributed by atoms with Crippen LogP contribution in [0.5, 0.6) is 0 Å². The summed E-state index contributed by atoms with van der Waals surface area (Å²) in [6.45, 7) is 0. The van der Waals surface area contributed by atoms with Gasteiger partial charge < -0.3 is 9.47 Å². The zero-order valence-electron chi connectivity index (χ0n) is 28.5. The molecule has 52 heavy (non-hydrogen) atoms. The Hall–Kier alpha value is -6.90. The Morgan fingerprint density at radius 2 is 0.865 bits per heavy atom. The highest BCUT2D eigenvalue weighted by molar-refractivity contribution is 6.10. The lowest BCUT2D eigenvalue weighted by Crippen LogP contribution is -2.10. The van der Waals surface area contributed by atoms with Crippen LogP contribution in [0.4, 0.5) is 17.1 Å². The number of aromatic nitrogens is 1. The highest BCUT2D eigenvalue weighted by Crippen LogP contribution is 2.42. The first-order valence-electron chi connectivity index (χ1n) is 17.9. The van der Waals surface area contributed by atoms with Crippen LogP contribution in [-0.2, 0) is 0 Å². The lowest BCUT2D eigenvalue weighted by Gasteiger charge is -2.27. The highest BCUT2D eigenvalue weighted by atomic mass is 15.1. The SMILES string of the molecule is c1cc(-c2cccc3ccccc23)cc(N(c2ccc(-c3ccccc3-n3c4ccccc4c4ccccc43)cc2)c2cccc3ccccc23)c1. The van der Waals surface area contributed by atoms with E-state index >= 15 is 0 Å². The Kier molecular flexibility index (Phi) is 7.18. The van der Waals surface area contributed by atoms with Gasteiger partial charge in [-0.15, -0.1) is 0 Å². The Balaban J connectivity index is 1.13. The van der Waals surface area contributed by atoms with E-state index in [0.29, 0.717) is 0 Å². The van der Waals surface area contributed by atoms with Crippen molar-refractivity contribution in [1.82, 2.24) is 4.57 Å². The molecule has 0 fully saturated rings. The quantitative estimate of drug-likeness (QED) is 0.172. The van der Waals surface area contributed by atoms with Crippen LogP contribution >= 0.6 is 0 Å². The van der Waals surface area contributed by atoms with Gasteiger partial charge in [0.2, 0.25) is 0 Å². The molecule has 0 aliphatic heterocycles. The van der Waals surface area contributed by atoms with E-state index in [0.717, 1.165) is 17.1 Å². The summed E-state index contributed by atoms with van der Waals surface area (Å²) in [7, 11) is 0. The van der Waals surface area contributed by atoms with Crippen molar-refractivity contribution in [2.24, 2.45) is 0 Å². The van der Waals surface area contributed by atoms with E-state index in [-0.39, 0.29) is 0 Å². The van der Waals surface area contributed by atoms with Gasteiger partial charge in [-0.05, 0) is 81.4 Å². The molecule has 2 heteroatoms. The van der Waals surface area contributed by atoms with Crippen LogP contribution in [0.1, 0.15) is 0 Å². The van der Waals surface area contributed by atoms with Crippen molar-refractivity contribution >= 4 is 60.4 Å². The van der Waals surface area contributed by atoms with E-state index in [1.165, 1.54) is 71.3 Å². The first-order chi connectivity index (χ1) is 25.8. The molecule has 0 bridgehead atoms. The minimum absolute atomic E-state index is 1.10. The van der Waals surface area contributed by atoms with Crippen LogP contribution in [0.3, 0.4) is 0 Å². The molecule has 0 radical (unpaired) electrons. The lowest BCUT2D eigenvalue weighted by molar-refractivity contribution is 1.18. The molecule has 244 valence electrons. The average Bonchev–Trinajstić information content (AvgIpc) is 3.55. The van der Waals surface area contributed by atoms with Crippen molar-refractivity contribution in [2.45, 2.75) is 0 Å². The van der Waals surface area contributed by atoms with Crippen molar-refractivity contribution in [3.63, 3.8) is 0 Å². The summed E-state index contributed by atoms with van der Waals surface area (Å²) in [4.78, 5) is 2.40. The molecule has 9 aromatic carbocycles. The van der Waals surface area contributed by atoms with Gasteiger partial charge in [0.15, 0.2) is 0 Å². The fraction of sp³-hybridized carbons (Fsp3) is 0. The molecule has 0 aliphatic rings. The number of hydrogen-bond acceptors (Lipinski definition) is 1. The summed E-state index contributed by atoms with van der Waals surface area (Å²) in [5.74, 6) is 0. The van der Waals surface area contributed by atoms with Gasteiger partial charge in [0, 0.05) is 33.1 Å². The summed E-state index contributed by atoms with van der Waals surface area (Å²) in [6.07, 6.45) is 0. The predicted octanol–water partition coefficient (Wildman–Crippen LogP) is 13.9. The molecular formula is C50H34N2. The molecule has 0 atom stereocenters. The lowest BCUT2D eigenvalue weighted by atomic mass is 9.97. The average molecular weight is 663 g/mol. The Labute approximate surface area is 303 Å². The third-order valence-corrected chi connectivity index (χ3v) is 10.4. The second-order valence-corrected chi connectivity index (χ2v) is 13.3. The number of anilines is 3.